The molecule has 1 aromatic heterocycles. The van der Waals surface area contributed by atoms with Crippen molar-refractivity contribution in [2.75, 3.05) is 0 Å². The third-order valence-corrected chi connectivity index (χ3v) is 3.53. The van der Waals surface area contributed by atoms with Crippen molar-refractivity contribution in [2.24, 2.45) is 5.92 Å². The summed E-state index contributed by atoms with van der Waals surface area (Å²) in [5.41, 5.74) is 0.961. The summed E-state index contributed by atoms with van der Waals surface area (Å²) < 4.78 is 2.03. The fourth-order valence-corrected chi connectivity index (χ4v) is 2.29. The first-order chi connectivity index (χ1) is 8.22. The van der Waals surface area contributed by atoms with E-state index in [1.165, 1.54) is 19.3 Å². The number of nitrogens with zero attached hydrogens (tertiary/aromatic N) is 2. The second kappa shape index (κ2) is 7.49. The molecule has 1 N–H and O–H groups in total. The van der Waals surface area contributed by atoms with Gasteiger partial charge in [0.05, 0.1) is 24.3 Å². The van der Waals surface area contributed by atoms with E-state index in [1.54, 1.807) is 12.5 Å². The predicted octanol–water partition coefficient (Wildman–Crippen LogP) is 3.54. The Morgan fingerprint density at radius 3 is 2.71 bits per heavy atom. The SMILES string of the molecule is CCCCC(CC)CC(O)c1cncn1CC. The molecule has 0 aliphatic carbocycles. The number of aromatic nitrogens is 2. The molecule has 2 atom stereocenters. The van der Waals surface area contributed by atoms with Crippen LogP contribution >= 0.6 is 0 Å². The molecule has 17 heavy (non-hydrogen) atoms. The van der Waals surface area contributed by atoms with Gasteiger partial charge in [0.15, 0.2) is 0 Å². The molecule has 0 fully saturated rings. The van der Waals surface area contributed by atoms with Crippen LogP contribution in [-0.2, 0) is 6.54 Å². The molecule has 0 aliphatic heterocycles. The second-order valence-corrected chi connectivity index (χ2v) is 4.77. The van der Waals surface area contributed by atoms with E-state index < -0.39 is 0 Å². The highest BCUT2D eigenvalue weighted by Crippen LogP contribution is 2.26. The molecule has 98 valence electrons. The summed E-state index contributed by atoms with van der Waals surface area (Å²) in [6.45, 7) is 7.38. The fraction of sp³-hybridized carbons (Fsp3) is 0.786. The third-order valence-electron chi connectivity index (χ3n) is 3.53. The van der Waals surface area contributed by atoms with Gasteiger partial charge in [-0.15, -0.1) is 0 Å². The minimum Gasteiger partial charge on any atom is -0.387 e. The van der Waals surface area contributed by atoms with Crippen molar-refractivity contribution in [2.45, 2.75) is 65.5 Å². The Morgan fingerprint density at radius 2 is 2.12 bits per heavy atom. The van der Waals surface area contributed by atoms with Crippen molar-refractivity contribution in [3.63, 3.8) is 0 Å². The van der Waals surface area contributed by atoms with Crippen LogP contribution in [0.3, 0.4) is 0 Å². The topological polar surface area (TPSA) is 38.1 Å². The molecule has 0 bridgehead atoms. The van der Waals surface area contributed by atoms with Crippen LogP contribution in [0.2, 0.25) is 0 Å². The summed E-state index contributed by atoms with van der Waals surface area (Å²) in [4.78, 5) is 4.11. The predicted molar refractivity (Wildman–Crippen MR) is 70.8 cm³/mol. The van der Waals surface area contributed by atoms with E-state index in [-0.39, 0.29) is 6.10 Å². The van der Waals surface area contributed by atoms with Crippen LogP contribution in [0.5, 0.6) is 0 Å². The van der Waals surface area contributed by atoms with Crippen molar-refractivity contribution in [1.29, 1.82) is 0 Å². The molecule has 0 radical (unpaired) electrons. The highest BCUT2D eigenvalue weighted by atomic mass is 16.3. The molecule has 1 heterocycles. The minimum absolute atomic E-state index is 0.362. The first-order valence-corrected chi connectivity index (χ1v) is 6.90. The lowest BCUT2D eigenvalue weighted by Crippen LogP contribution is -2.11. The maximum atomic E-state index is 10.3. The van der Waals surface area contributed by atoms with Crippen LogP contribution in [0.15, 0.2) is 12.5 Å². The lowest BCUT2D eigenvalue weighted by molar-refractivity contribution is 0.131. The zero-order valence-electron chi connectivity index (χ0n) is 11.4. The monoisotopic (exact) mass is 238 g/mol. The minimum atomic E-state index is -0.362. The summed E-state index contributed by atoms with van der Waals surface area (Å²) in [6, 6.07) is 0. The third kappa shape index (κ3) is 4.15. The van der Waals surface area contributed by atoms with Crippen molar-refractivity contribution >= 4 is 0 Å². The molecular formula is C14H26N2O. The van der Waals surface area contributed by atoms with Gasteiger partial charge in [-0.2, -0.15) is 0 Å². The van der Waals surface area contributed by atoms with Gasteiger partial charge in [-0.3, -0.25) is 0 Å². The normalized spacial score (nSPS) is 14.8. The average molecular weight is 238 g/mol. The van der Waals surface area contributed by atoms with E-state index in [0.29, 0.717) is 5.92 Å². The molecule has 0 aliphatic rings. The molecule has 2 unspecified atom stereocenters. The quantitative estimate of drug-likeness (QED) is 0.752. The second-order valence-electron chi connectivity index (χ2n) is 4.77. The first kappa shape index (κ1) is 14.2. The summed E-state index contributed by atoms with van der Waals surface area (Å²) in [7, 11) is 0. The molecule has 3 heteroatoms. The average Bonchev–Trinajstić information content (AvgIpc) is 2.82. The van der Waals surface area contributed by atoms with Gasteiger partial charge in [0.25, 0.3) is 0 Å². The van der Waals surface area contributed by atoms with Crippen LogP contribution in [0.1, 0.15) is 64.7 Å². The van der Waals surface area contributed by atoms with E-state index in [2.05, 4.69) is 25.8 Å². The lowest BCUT2D eigenvalue weighted by Gasteiger charge is -2.19. The van der Waals surface area contributed by atoms with Gasteiger partial charge in [-0.05, 0) is 19.3 Å². The smallest absolute Gasteiger partial charge is 0.0958 e. The maximum Gasteiger partial charge on any atom is 0.0958 e. The van der Waals surface area contributed by atoms with Crippen LogP contribution in [0.4, 0.5) is 0 Å². The Kier molecular flexibility index (Phi) is 6.27. The summed E-state index contributed by atoms with van der Waals surface area (Å²) in [5.74, 6) is 0.630. The molecule has 0 amide bonds. The highest BCUT2D eigenvalue weighted by molar-refractivity contribution is 5.02. The highest BCUT2D eigenvalue weighted by Gasteiger charge is 2.17. The van der Waals surface area contributed by atoms with E-state index in [1.807, 2.05) is 4.57 Å². The fourth-order valence-electron chi connectivity index (χ4n) is 2.29. The van der Waals surface area contributed by atoms with Gasteiger partial charge in [-0.25, -0.2) is 4.98 Å². The van der Waals surface area contributed by atoms with Gasteiger partial charge in [0.1, 0.15) is 0 Å². The summed E-state index contributed by atoms with van der Waals surface area (Å²) in [6.07, 6.45) is 8.97. The number of imidazole rings is 1. The number of hydrogen-bond acceptors (Lipinski definition) is 2. The molecule has 0 spiro atoms. The van der Waals surface area contributed by atoms with Crippen molar-refractivity contribution < 1.29 is 5.11 Å². The molecule has 0 saturated carbocycles. The standard InChI is InChI=1S/C14H26N2O/c1-4-7-8-12(5-2)9-14(17)13-10-15-11-16(13)6-3/h10-12,14,17H,4-9H2,1-3H3. The van der Waals surface area contributed by atoms with Crippen molar-refractivity contribution in [1.82, 2.24) is 9.55 Å². The first-order valence-electron chi connectivity index (χ1n) is 6.90. The number of aryl methyl sites for hydroxylation is 1. The summed E-state index contributed by atoms with van der Waals surface area (Å²) >= 11 is 0. The Morgan fingerprint density at radius 1 is 1.35 bits per heavy atom. The van der Waals surface area contributed by atoms with Crippen LogP contribution < -0.4 is 0 Å². The molecule has 0 saturated heterocycles. The Labute approximate surface area is 105 Å². The number of hydrogen-bond donors (Lipinski definition) is 1. The van der Waals surface area contributed by atoms with Gasteiger partial charge in [-0.1, -0.05) is 39.5 Å². The van der Waals surface area contributed by atoms with E-state index in [9.17, 15) is 5.11 Å². The number of aliphatic hydroxyl groups excluding tert-OH is 1. The van der Waals surface area contributed by atoms with E-state index in [4.69, 9.17) is 0 Å². The zero-order chi connectivity index (χ0) is 12.7. The molecule has 1 rings (SSSR count). The largest absolute Gasteiger partial charge is 0.387 e. The number of aliphatic hydroxyl groups is 1. The van der Waals surface area contributed by atoms with E-state index in [0.717, 1.165) is 25.1 Å². The molecule has 3 nitrogen and oxygen atoms in total. The Balaban J connectivity index is 2.54. The maximum absolute atomic E-state index is 10.3. The van der Waals surface area contributed by atoms with Gasteiger partial charge < -0.3 is 9.67 Å². The van der Waals surface area contributed by atoms with Gasteiger partial charge in [0, 0.05) is 6.54 Å². The van der Waals surface area contributed by atoms with E-state index >= 15 is 0 Å². The van der Waals surface area contributed by atoms with Crippen LogP contribution in [0.25, 0.3) is 0 Å². The lowest BCUT2D eigenvalue weighted by atomic mass is 9.92. The Bertz CT molecular complexity index is 309. The molecule has 0 aromatic carbocycles. The number of unbranched alkanes of at least 4 members (excludes halogenated alkanes) is 1. The van der Waals surface area contributed by atoms with Crippen LogP contribution in [0, 0.1) is 5.92 Å². The van der Waals surface area contributed by atoms with Gasteiger partial charge >= 0.3 is 0 Å². The summed E-state index contributed by atoms with van der Waals surface area (Å²) in [5, 5.41) is 10.3. The zero-order valence-corrected chi connectivity index (χ0v) is 11.4. The van der Waals surface area contributed by atoms with Gasteiger partial charge in [0.2, 0.25) is 0 Å². The van der Waals surface area contributed by atoms with Crippen LogP contribution in [-0.4, -0.2) is 14.7 Å². The molecule has 1 aromatic rings. The van der Waals surface area contributed by atoms with Crippen molar-refractivity contribution in [3.05, 3.63) is 18.2 Å². The van der Waals surface area contributed by atoms with Crippen molar-refractivity contribution in [3.8, 4) is 0 Å². The molecular weight excluding hydrogens is 212 g/mol. The Hall–Kier alpha value is -0.830. The number of rotatable bonds is 8.